The maximum atomic E-state index is 14.3. The van der Waals surface area contributed by atoms with Crippen molar-refractivity contribution in [2.75, 3.05) is 19.6 Å². The van der Waals surface area contributed by atoms with Gasteiger partial charge in [-0.25, -0.2) is 0 Å². The van der Waals surface area contributed by atoms with Crippen molar-refractivity contribution in [3.63, 3.8) is 0 Å². The van der Waals surface area contributed by atoms with Crippen molar-refractivity contribution < 1.29 is 27.1 Å². The van der Waals surface area contributed by atoms with Gasteiger partial charge in [0.2, 0.25) is 11.8 Å². The van der Waals surface area contributed by atoms with Crippen LogP contribution in [0.2, 0.25) is 0 Å². The fourth-order valence-electron chi connectivity index (χ4n) is 4.88. The molecule has 1 aliphatic heterocycles. The maximum absolute atomic E-state index is 14.3. The molecule has 1 aromatic heterocycles. The number of carbonyl (C=O) groups excluding carboxylic acids is 1. The van der Waals surface area contributed by atoms with E-state index in [0.717, 1.165) is 25.7 Å². The van der Waals surface area contributed by atoms with E-state index in [4.69, 9.17) is 10.1 Å². The first kappa shape index (κ1) is 29.7. The quantitative estimate of drug-likeness (QED) is 0.0533. The fourth-order valence-corrected chi connectivity index (χ4v) is 4.88. The predicted molar refractivity (Wildman–Crippen MR) is 152 cm³/mol. The highest BCUT2D eigenvalue weighted by Gasteiger charge is 2.31. The van der Waals surface area contributed by atoms with Crippen LogP contribution in [0.5, 0.6) is 0 Å². The van der Waals surface area contributed by atoms with Crippen LogP contribution in [0, 0.1) is 11.4 Å². The zero-order chi connectivity index (χ0) is 29.4. The van der Waals surface area contributed by atoms with E-state index in [-0.39, 0.29) is 34.1 Å². The molecule has 6 nitrogen and oxygen atoms in total. The Morgan fingerprint density at radius 1 is 1.17 bits per heavy atom. The van der Waals surface area contributed by atoms with E-state index in [1.165, 1.54) is 24.3 Å². The summed E-state index contributed by atoms with van der Waals surface area (Å²) in [6, 6.07) is 12.8. The largest absolute Gasteiger partial charge is 0.473 e. The lowest BCUT2D eigenvalue weighted by Crippen LogP contribution is -2.40. The topological polar surface area (TPSA) is 82.1 Å². The summed E-state index contributed by atoms with van der Waals surface area (Å²) in [5.74, 6) is -0.924. The predicted octanol–water partition coefficient (Wildman–Crippen LogP) is 6.89. The van der Waals surface area contributed by atoms with Crippen molar-refractivity contribution in [2.45, 2.75) is 31.5 Å². The number of H-pyrrole nitrogens is 1. The van der Waals surface area contributed by atoms with E-state index in [0.29, 0.717) is 29.7 Å². The minimum Gasteiger partial charge on any atom is -0.473 e. The molecule has 1 aliphatic rings. The number of halogens is 4. The average Bonchev–Trinajstić information content (AvgIpc) is 3.31. The van der Waals surface area contributed by atoms with Gasteiger partial charge in [-0.2, -0.15) is 17.6 Å². The van der Waals surface area contributed by atoms with Crippen LogP contribution < -0.4 is 0 Å². The Labute approximate surface area is 235 Å². The number of allylic oxidation sites excluding steroid dienone is 5. The molecule has 0 aliphatic carbocycles. The van der Waals surface area contributed by atoms with E-state index < -0.39 is 18.5 Å². The zero-order valence-corrected chi connectivity index (χ0v) is 22.3. The molecule has 41 heavy (non-hydrogen) atoms. The van der Waals surface area contributed by atoms with Crippen molar-refractivity contribution in [2.24, 2.45) is 0 Å². The second kappa shape index (κ2) is 13.4. The number of benzene rings is 2. The van der Waals surface area contributed by atoms with Crippen molar-refractivity contribution in [3.8, 4) is 0 Å². The van der Waals surface area contributed by atoms with E-state index >= 15 is 0 Å². The van der Waals surface area contributed by atoms with Crippen LogP contribution >= 0.6 is 0 Å². The Morgan fingerprint density at radius 2 is 1.95 bits per heavy atom. The lowest BCUT2D eigenvalue weighted by atomic mass is 9.87. The molecule has 1 saturated heterocycles. The van der Waals surface area contributed by atoms with Crippen LogP contribution in [-0.2, 0) is 9.53 Å². The summed E-state index contributed by atoms with van der Waals surface area (Å²) in [6.45, 7) is 6.06. The number of aldehydes is 1. The molecular formula is C31H30F4N4O2. The number of rotatable bonds is 10. The molecule has 2 aromatic carbocycles. The average molecular weight is 567 g/mol. The number of nitrogens with one attached hydrogen (secondary N) is 2. The molecule has 0 saturated carbocycles. The number of hydrogen-bond donors (Lipinski definition) is 2. The third-order valence-electron chi connectivity index (χ3n) is 6.70. The molecule has 1 atom stereocenters. The van der Waals surface area contributed by atoms with E-state index in [9.17, 15) is 22.4 Å². The van der Waals surface area contributed by atoms with Crippen LogP contribution in [0.3, 0.4) is 0 Å². The molecule has 1 fully saturated rings. The number of hydrogen-bond acceptors (Lipinski definition) is 5. The summed E-state index contributed by atoms with van der Waals surface area (Å²) in [5.41, 5.74) is 1.42. The normalized spacial score (nSPS) is 17.2. The molecule has 2 heterocycles. The number of nitrogens with zero attached hydrogens (tertiary/aromatic N) is 2. The van der Waals surface area contributed by atoms with E-state index in [1.54, 1.807) is 48.5 Å². The number of ether oxygens (including phenoxy) is 1. The molecule has 0 spiro atoms. The van der Waals surface area contributed by atoms with Gasteiger partial charge in [0.25, 0.3) is 0 Å². The Kier molecular flexibility index (Phi) is 9.67. The Hall–Kier alpha value is -4.31. The molecule has 0 bridgehead atoms. The second-order valence-electron chi connectivity index (χ2n) is 9.72. The van der Waals surface area contributed by atoms with Crippen LogP contribution in [0.1, 0.15) is 30.4 Å². The third kappa shape index (κ3) is 8.11. The fraction of sp³-hybridized carbons (Fsp3) is 0.258. The van der Waals surface area contributed by atoms with Gasteiger partial charge >= 0.3 is 6.18 Å². The first-order valence-corrected chi connectivity index (χ1v) is 13.1. The van der Waals surface area contributed by atoms with E-state index in [2.05, 4.69) is 21.7 Å². The zero-order valence-electron chi connectivity index (χ0n) is 22.3. The minimum atomic E-state index is -4.53. The number of likely N-dealkylation sites (tertiary alicyclic amines) is 1. The molecule has 0 amide bonds. The summed E-state index contributed by atoms with van der Waals surface area (Å²) in [7, 11) is 0. The van der Waals surface area contributed by atoms with Gasteiger partial charge in [-0.3, -0.25) is 20.2 Å². The van der Waals surface area contributed by atoms with Gasteiger partial charge in [-0.1, -0.05) is 49.1 Å². The highest BCUT2D eigenvalue weighted by molar-refractivity contribution is 6.02. The summed E-state index contributed by atoms with van der Waals surface area (Å²) >= 11 is 0. The molecule has 2 N–H and O–H groups in total. The molecule has 10 heteroatoms. The maximum Gasteiger partial charge on any atom is 0.393 e. The number of aromatic nitrogens is 2. The minimum absolute atomic E-state index is 0.0326. The lowest BCUT2D eigenvalue weighted by Gasteiger charge is -2.31. The van der Waals surface area contributed by atoms with Crippen molar-refractivity contribution in [1.29, 1.82) is 5.41 Å². The van der Waals surface area contributed by atoms with Gasteiger partial charge in [0.1, 0.15) is 12.4 Å². The smallest absolute Gasteiger partial charge is 0.393 e. The van der Waals surface area contributed by atoms with Crippen molar-refractivity contribution in [3.05, 3.63) is 102 Å². The molecular weight excluding hydrogens is 536 g/mol. The first-order chi connectivity index (χ1) is 19.6. The number of alkyl halides is 3. The van der Waals surface area contributed by atoms with Gasteiger partial charge in [-0.05, 0) is 71.5 Å². The van der Waals surface area contributed by atoms with Crippen LogP contribution in [0.15, 0.2) is 85.0 Å². The molecule has 1 unspecified atom stereocenters. The molecule has 4 rings (SSSR count). The van der Waals surface area contributed by atoms with E-state index in [1.807, 2.05) is 0 Å². The van der Waals surface area contributed by atoms with Crippen molar-refractivity contribution in [1.82, 2.24) is 15.1 Å². The second-order valence-corrected chi connectivity index (χ2v) is 9.72. The SMILES string of the molecule is C=C(/C=C\C(=N)OC1CCCN(C/C=C/C=O)C1)/C(=C(/CC(F)(F)F)c1ccccc1)c1ccc2[nH]nc(F)c2c1. The monoisotopic (exact) mass is 566 g/mol. The standard InChI is InChI=1S/C31H30F4N4O2/c1-21(11-14-28(36)41-24-10-7-16-39(20-24)15-5-6-17-40)29(23-12-13-27-25(18-23)30(32)38-37-27)26(19-31(33,34)35)22-8-3-2-4-9-22/h2-6,8-9,11-14,17-18,24,36H,1,7,10,15-16,19-20H2,(H,37,38)/b6-5+,14-11-,29-26+,36-28?. The summed E-state index contributed by atoms with van der Waals surface area (Å²) in [6.07, 6.45) is 2.31. The number of aromatic amines is 1. The van der Waals surface area contributed by atoms with Gasteiger partial charge < -0.3 is 4.74 Å². The molecule has 0 radical (unpaired) electrons. The Bertz CT molecular complexity index is 1490. The summed E-state index contributed by atoms with van der Waals surface area (Å²) < 4.78 is 61.7. The van der Waals surface area contributed by atoms with Crippen molar-refractivity contribution >= 4 is 34.2 Å². The Balaban J connectivity index is 1.65. The van der Waals surface area contributed by atoms with Gasteiger partial charge in [0.05, 0.1) is 17.3 Å². The summed E-state index contributed by atoms with van der Waals surface area (Å²) in [4.78, 5) is 12.6. The Morgan fingerprint density at radius 3 is 2.68 bits per heavy atom. The van der Waals surface area contributed by atoms with Gasteiger partial charge in [-0.15, -0.1) is 5.10 Å². The summed E-state index contributed by atoms with van der Waals surface area (Å²) in [5, 5.41) is 14.6. The lowest BCUT2D eigenvalue weighted by molar-refractivity contribution is -0.122. The first-order valence-electron chi connectivity index (χ1n) is 13.1. The third-order valence-corrected chi connectivity index (χ3v) is 6.70. The highest BCUT2D eigenvalue weighted by atomic mass is 19.4. The van der Waals surface area contributed by atoms with Crippen LogP contribution in [0.25, 0.3) is 22.0 Å². The van der Waals surface area contributed by atoms with Gasteiger partial charge in [0, 0.05) is 19.2 Å². The molecule has 214 valence electrons. The number of piperidine rings is 1. The van der Waals surface area contributed by atoms with Gasteiger partial charge in [0.15, 0.2) is 0 Å². The number of carbonyl (C=O) groups is 1. The highest BCUT2D eigenvalue weighted by Crippen LogP contribution is 2.40. The number of fused-ring (bicyclic) bond motifs is 1. The molecule has 3 aromatic rings. The van der Waals surface area contributed by atoms with Crippen LogP contribution in [-0.4, -0.2) is 59.2 Å². The van der Waals surface area contributed by atoms with Crippen LogP contribution in [0.4, 0.5) is 17.6 Å².